The summed E-state index contributed by atoms with van der Waals surface area (Å²) >= 11 is 0. The number of hydrogen-bond donors (Lipinski definition) is 1. The van der Waals surface area contributed by atoms with E-state index >= 15 is 0 Å². The minimum atomic E-state index is -0.992. The minimum Gasteiger partial charge on any atom is -0.474 e. The topological polar surface area (TPSA) is 58.8 Å². The Balaban J connectivity index is 1.97. The molecule has 3 rings (SSSR count). The smallest absolute Gasteiger partial charge is 0.284 e. The predicted molar refractivity (Wildman–Crippen MR) is 76.3 cm³/mol. The van der Waals surface area contributed by atoms with Gasteiger partial charge in [0.2, 0.25) is 5.60 Å². The molecule has 3 heterocycles. The molecule has 1 N–H and O–H groups in total. The van der Waals surface area contributed by atoms with E-state index in [2.05, 4.69) is 15.1 Å². The molecule has 110 valence electrons. The van der Waals surface area contributed by atoms with Crippen molar-refractivity contribution >= 4 is 5.91 Å². The highest BCUT2D eigenvalue weighted by atomic mass is 16.5. The van der Waals surface area contributed by atoms with Gasteiger partial charge >= 0.3 is 0 Å². The van der Waals surface area contributed by atoms with Crippen LogP contribution >= 0.6 is 0 Å². The zero-order valence-electron chi connectivity index (χ0n) is 12.2. The second kappa shape index (κ2) is 5.01. The highest BCUT2D eigenvalue weighted by Gasteiger charge is 2.56. The van der Waals surface area contributed by atoms with Gasteiger partial charge < -0.3 is 10.1 Å². The van der Waals surface area contributed by atoms with Crippen LogP contribution < -0.4 is 10.1 Å². The van der Waals surface area contributed by atoms with Crippen molar-refractivity contribution in [2.75, 3.05) is 6.54 Å². The van der Waals surface area contributed by atoms with Gasteiger partial charge in [-0.25, -0.2) is 11.5 Å². The molecule has 1 saturated heterocycles. The summed E-state index contributed by atoms with van der Waals surface area (Å²) in [7, 11) is 0. The van der Waals surface area contributed by atoms with Crippen molar-refractivity contribution in [3.05, 3.63) is 35.4 Å². The minimum absolute atomic E-state index is 0.143. The molecular weight excluding hydrogens is 268 g/mol. The van der Waals surface area contributed by atoms with E-state index in [1.807, 2.05) is 24.8 Å². The van der Waals surface area contributed by atoms with E-state index in [-0.39, 0.29) is 18.1 Å². The zero-order chi connectivity index (χ0) is 15.0. The monoisotopic (exact) mass is 286 g/mol. The second-order valence-corrected chi connectivity index (χ2v) is 5.84. The molecule has 6 heteroatoms. The molecule has 2 aliphatic heterocycles. The van der Waals surface area contributed by atoms with Crippen LogP contribution in [0.4, 0.5) is 0 Å². The van der Waals surface area contributed by atoms with Gasteiger partial charge in [-0.15, -0.1) is 0 Å². The average molecular weight is 286 g/mol. The highest BCUT2D eigenvalue weighted by Crippen LogP contribution is 2.36. The molecule has 1 amide bonds. The molecule has 0 saturated carbocycles. The lowest BCUT2D eigenvalue weighted by atomic mass is 10.0. The summed E-state index contributed by atoms with van der Waals surface area (Å²) in [5, 5.41) is 2.92. The van der Waals surface area contributed by atoms with Crippen LogP contribution in [-0.4, -0.2) is 40.1 Å². The van der Waals surface area contributed by atoms with E-state index < -0.39 is 5.60 Å². The Morgan fingerprint density at radius 2 is 2.43 bits per heavy atom. The maximum atomic E-state index is 12.6. The van der Waals surface area contributed by atoms with Crippen LogP contribution in [0.5, 0.6) is 5.75 Å². The van der Waals surface area contributed by atoms with Crippen molar-refractivity contribution in [2.24, 2.45) is 0 Å². The van der Waals surface area contributed by atoms with E-state index in [9.17, 15) is 4.79 Å². The van der Waals surface area contributed by atoms with Crippen LogP contribution in [0, 0.1) is 6.57 Å². The lowest BCUT2D eigenvalue weighted by molar-refractivity contribution is -0.135. The third-order valence-electron chi connectivity index (χ3n) is 4.17. The Bertz CT molecular complexity index is 610. The number of nitrogens with one attached hydrogen (secondary N) is 1. The van der Waals surface area contributed by atoms with Crippen LogP contribution in [0.25, 0.3) is 4.85 Å². The molecule has 21 heavy (non-hydrogen) atoms. The van der Waals surface area contributed by atoms with Crippen LogP contribution in [0.15, 0.2) is 18.5 Å². The van der Waals surface area contributed by atoms with Gasteiger partial charge in [-0.3, -0.25) is 14.6 Å². The molecule has 1 fully saturated rings. The maximum Gasteiger partial charge on any atom is 0.284 e. The molecule has 2 aliphatic rings. The van der Waals surface area contributed by atoms with Gasteiger partial charge in [0, 0.05) is 24.3 Å². The number of hydrogen-bond acceptors (Lipinski definition) is 4. The average Bonchev–Trinajstić information content (AvgIpc) is 2.79. The van der Waals surface area contributed by atoms with Crippen molar-refractivity contribution in [1.29, 1.82) is 0 Å². The SMILES string of the molecule is [C-]#[N+][C@@H]1C[C@]2(CN1C(C)C)Oc1cnccc1CNC2=O. The van der Waals surface area contributed by atoms with Gasteiger partial charge in [-0.05, 0) is 19.9 Å². The Morgan fingerprint density at radius 1 is 1.62 bits per heavy atom. The third kappa shape index (κ3) is 2.24. The number of ether oxygens (including phenoxy) is 1. The normalized spacial score (nSPS) is 28.7. The van der Waals surface area contributed by atoms with Gasteiger partial charge in [0.05, 0.1) is 19.2 Å². The number of carbonyl (C=O) groups excluding carboxylic acids is 1. The number of amides is 1. The van der Waals surface area contributed by atoms with Crippen LogP contribution in [-0.2, 0) is 11.3 Å². The predicted octanol–water partition coefficient (Wildman–Crippen LogP) is 1.19. The van der Waals surface area contributed by atoms with Crippen molar-refractivity contribution in [3.8, 4) is 5.75 Å². The summed E-state index contributed by atoms with van der Waals surface area (Å²) < 4.78 is 6.07. The molecular formula is C15H18N4O2. The van der Waals surface area contributed by atoms with Gasteiger partial charge in [0.1, 0.15) is 5.75 Å². The lowest BCUT2D eigenvalue weighted by Crippen LogP contribution is -2.52. The summed E-state index contributed by atoms with van der Waals surface area (Å²) in [5.74, 6) is 0.487. The fraction of sp³-hybridized carbons (Fsp3) is 0.533. The molecule has 0 aromatic carbocycles. The van der Waals surface area contributed by atoms with E-state index in [0.29, 0.717) is 25.3 Å². The number of fused-ring (bicyclic) bond motifs is 1. The highest BCUT2D eigenvalue weighted by molar-refractivity contribution is 5.87. The Kier molecular flexibility index (Phi) is 3.30. The molecule has 1 aromatic rings. The van der Waals surface area contributed by atoms with Crippen molar-refractivity contribution in [3.63, 3.8) is 0 Å². The largest absolute Gasteiger partial charge is 0.474 e. The Morgan fingerprint density at radius 3 is 3.10 bits per heavy atom. The van der Waals surface area contributed by atoms with Gasteiger partial charge in [0.15, 0.2) is 0 Å². The van der Waals surface area contributed by atoms with Crippen LogP contribution in [0.3, 0.4) is 0 Å². The number of likely N-dealkylation sites (tertiary alicyclic amines) is 1. The fourth-order valence-corrected chi connectivity index (χ4v) is 3.00. The van der Waals surface area contributed by atoms with E-state index in [0.717, 1.165) is 5.56 Å². The van der Waals surface area contributed by atoms with Crippen LogP contribution in [0.2, 0.25) is 0 Å². The van der Waals surface area contributed by atoms with E-state index in [4.69, 9.17) is 11.3 Å². The first kappa shape index (κ1) is 13.8. The molecule has 0 unspecified atom stereocenters. The number of pyridine rings is 1. The first-order valence-corrected chi connectivity index (χ1v) is 7.08. The third-order valence-corrected chi connectivity index (χ3v) is 4.17. The standard InChI is InChI=1S/C15H18N4O2/c1-10(2)19-9-15(6-13(19)16-3)14(20)18-7-11-4-5-17-8-12(11)21-15/h4-5,8,10,13H,6-7,9H2,1-2H3,(H,18,20)/t13-,15+/m0/s1. The second-order valence-electron chi connectivity index (χ2n) is 5.84. The molecule has 0 bridgehead atoms. The zero-order valence-corrected chi connectivity index (χ0v) is 12.2. The van der Waals surface area contributed by atoms with E-state index in [1.54, 1.807) is 12.4 Å². The summed E-state index contributed by atoms with van der Waals surface area (Å²) in [6.45, 7) is 12.3. The van der Waals surface area contributed by atoms with Crippen molar-refractivity contribution in [2.45, 2.75) is 44.6 Å². The van der Waals surface area contributed by atoms with Gasteiger partial charge in [-0.2, -0.15) is 0 Å². The molecule has 0 aliphatic carbocycles. The van der Waals surface area contributed by atoms with Crippen LogP contribution in [0.1, 0.15) is 25.8 Å². The maximum absolute atomic E-state index is 12.6. The quantitative estimate of drug-likeness (QED) is 0.788. The number of aromatic nitrogens is 1. The number of nitrogens with zero attached hydrogens (tertiary/aromatic N) is 3. The first-order valence-electron chi connectivity index (χ1n) is 7.08. The Hall–Kier alpha value is -2.13. The van der Waals surface area contributed by atoms with Crippen molar-refractivity contribution in [1.82, 2.24) is 15.2 Å². The summed E-state index contributed by atoms with van der Waals surface area (Å²) in [4.78, 5) is 22.3. The van der Waals surface area contributed by atoms with Crippen molar-refractivity contribution < 1.29 is 9.53 Å². The molecule has 0 radical (unpaired) electrons. The van der Waals surface area contributed by atoms with E-state index in [1.165, 1.54) is 0 Å². The summed E-state index contributed by atoms with van der Waals surface area (Å²) in [6.07, 6.45) is 3.38. The van der Waals surface area contributed by atoms with Gasteiger partial charge in [-0.1, -0.05) is 0 Å². The molecule has 1 spiro atoms. The summed E-state index contributed by atoms with van der Waals surface area (Å²) in [5.41, 5.74) is -0.0779. The fourth-order valence-electron chi connectivity index (χ4n) is 3.00. The molecule has 1 aromatic heterocycles. The first-order chi connectivity index (χ1) is 10.1. The lowest BCUT2D eigenvalue weighted by Gasteiger charge is -2.27. The Labute approximate surface area is 123 Å². The number of rotatable bonds is 1. The number of carbonyl (C=O) groups is 1. The molecule has 6 nitrogen and oxygen atoms in total. The molecule has 2 atom stereocenters. The van der Waals surface area contributed by atoms with Gasteiger partial charge in [0.25, 0.3) is 12.1 Å². The summed E-state index contributed by atoms with van der Waals surface area (Å²) in [6, 6.07) is 2.03.